The van der Waals surface area contributed by atoms with Gasteiger partial charge in [-0.15, -0.1) is 0 Å². The average molecular weight is 568 g/mol. The second-order valence-electron chi connectivity index (χ2n) is 10.9. The lowest BCUT2D eigenvalue weighted by molar-refractivity contribution is -0.114. The quantitative estimate of drug-likeness (QED) is 0.360. The highest BCUT2D eigenvalue weighted by Crippen LogP contribution is 2.38. The summed E-state index contributed by atoms with van der Waals surface area (Å²) in [4.78, 5) is 27.3. The lowest BCUT2D eigenvalue weighted by atomic mass is 10.1. The second kappa shape index (κ2) is 10.6. The summed E-state index contributed by atoms with van der Waals surface area (Å²) >= 11 is -2.35. The smallest absolute Gasteiger partial charge is 0.257 e. The largest absolute Gasteiger partial charge is 0.772 e. The molecule has 3 N–H and O–H groups in total. The minimum atomic E-state index is -2.35. The van der Waals surface area contributed by atoms with Gasteiger partial charge in [0.05, 0.1) is 28.4 Å². The molecule has 212 valence electrons. The number of carbonyl (C=O) groups is 1. The number of ether oxygens (including phenoxy) is 2. The van der Waals surface area contributed by atoms with Crippen LogP contribution < -0.4 is 25.0 Å². The molecule has 2 atom stereocenters. The number of pyridine rings is 3. The van der Waals surface area contributed by atoms with Gasteiger partial charge in [0.2, 0.25) is 5.91 Å². The Bertz CT molecular complexity index is 1480. The van der Waals surface area contributed by atoms with Crippen LogP contribution in [-0.2, 0) is 21.6 Å². The van der Waals surface area contributed by atoms with Gasteiger partial charge in [-0.3, -0.25) is 9.00 Å². The van der Waals surface area contributed by atoms with Gasteiger partial charge in [-0.2, -0.15) is 0 Å². The molecule has 0 aromatic carbocycles. The van der Waals surface area contributed by atoms with Gasteiger partial charge in [0, 0.05) is 49.6 Å². The molecule has 0 saturated carbocycles. The molecule has 2 aliphatic rings. The fourth-order valence-corrected chi connectivity index (χ4v) is 5.05. The Morgan fingerprint density at radius 1 is 1.20 bits per heavy atom. The number of aliphatic hydroxyl groups is 1. The van der Waals surface area contributed by atoms with Crippen LogP contribution in [0.15, 0.2) is 36.5 Å². The summed E-state index contributed by atoms with van der Waals surface area (Å²) in [5.41, 5.74) is 1.41. The monoisotopic (exact) mass is 567 g/mol. The Hall–Kier alpha value is -3.81. The minimum Gasteiger partial charge on any atom is -0.772 e. The van der Waals surface area contributed by atoms with Crippen LogP contribution in [0.4, 0.5) is 23.0 Å². The normalized spacial score (nSPS) is 20.2. The van der Waals surface area contributed by atoms with E-state index in [1.54, 1.807) is 43.5 Å². The van der Waals surface area contributed by atoms with E-state index in [0.29, 0.717) is 72.0 Å². The van der Waals surface area contributed by atoms with Crippen molar-refractivity contribution in [1.29, 1.82) is 0 Å². The van der Waals surface area contributed by atoms with Crippen LogP contribution in [0.3, 0.4) is 0 Å². The molecule has 3 aromatic rings. The summed E-state index contributed by atoms with van der Waals surface area (Å²) < 4.78 is 34.9. The number of nitrogens with zero attached hydrogens (tertiary/aromatic N) is 4. The van der Waals surface area contributed by atoms with Gasteiger partial charge in [-0.25, -0.2) is 15.0 Å². The van der Waals surface area contributed by atoms with Crippen LogP contribution in [0, 0.1) is 0 Å². The Morgan fingerprint density at radius 2 is 2.00 bits per heavy atom. The number of aromatic nitrogens is 3. The van der Waals surface area contributed by atoms with Crippen molar-refractivity contribution in [1.82, 2.24) is 15.0 Å². The van der Waals surface area contributed by atoms with E-state index in [4.69, 9.17) is 9.47 Å². The molecule has 5 rings (SSSR count). The predicted octanol–water partition coefficient (Wildman–Crippen LogP) is 3.13. The maximum atomic E-state index is 11.7. The van der Waals surface area contributed by atoms with Crippen molar-refractivity contribution in [2.45, 2.75) is 51.1 Å². The number of hydrogen-bond acceptors (Lipinski definition) is 11. The third-order valence-electron chi connectivity index (χ3n) is 6.46. The van der Waals surface area contributed by atoms with Crippen molar-refractivity contribution >= 4 is 40.0 Å². The van der Waals surface area contributed by atoms with E-state index in [0.717, 1.165) is 5.69 Å². The molecule has 0 aliphatic carbocycles. The van der Waals surface area contributed by atoms with Crippen molar-refractivity contribution in [3.63, 3.8) is 0 Å². The number of β-amino-alcohol motifs (C(OH)–C–C–N with tert-alkyl or cyclic N) is 1. The molecule has 1 saturated heterocycles. The SMILES string of the molecule is CC(=O)Nc1cc(Nc2cc(N3CCC(C)(O)C3)cc(CS(=O)[O-])n2)c(-c2ccc3c(n2)OCC(C)(C)O3)cn1. The number of hydrogen-bond donors (Lipinski definition) is 3. The van der Waals surface area contributed by atoms with Gasteiger partial charge in [0.15, 0.2) is 5.75 Å². The molecule has 2 aliphatic heterocycles. The van der Waals surface area contributed by atoms with Gasteiger partial charge in [0.1, 0.15) is 23.8 Å². The fourth-order valence-electron chi connectivity index (χ4n) is 4.66. The van der Waals surface area contributed by atoms with Crippen molar-refractivity contribution in [2.75, 3.05) is 35.2 Å². The van der Waals surface area contributed by atoms with E-state index < -0.39 is 22.3 Å². The Labute approximate surface area is 234 Å². The van der Waals surface area contributed by atoms with Gasteiger partial charge in [0.25, 0.3) is 5.88 Å². The van der Waals surface area contributed by atoms with E-state index in [1.165, 1.54) is 6.92 Å². The first-order valence-corrected chi connectivity index (χ1v) is 14.0. The molecule has 0 bridgehead atoms. The highest BCUT2D eigenvalue weighted by molar-refractivity contribution is 7.78. The maximum absolute atomic E-state index is 11.7. The summed E-state index contributed by atoms with van der Waals surface area (Å²) in [6.07, 6.45) is 2.16. The van der Waals surface area contributed by atoms with E-state index in [9.17, 15) is 18.7 Å². The molecule has 1 fully saturated rings. The van der Waals surface area contributed by atoms with Crippen molar-refractivity contribution in [3.05, 3.63) is 42.2 Å². The van der Waals surface area contributed by atoms with Crippen molar-refractivity contribution in [3.8, 4) is 22.9 Å². The van der Waals surface area contributed by atoms with Gasteiger partial charge in [-0.1, -0.05) is 0 Å². The third kappa shape index (κ3) is 6.49. The fraction of sp³-hybridized carbons (Fsp3) is 0.407. The molecular weight excluding hydrogens is 536 g/mol. The Kier molecular flexibility index (Phi) is 7.38. The molecule has 40 heavy (non-hydrogen) atoms. The van der Waals surface area contributed by atoms with Crippen LogP contribution >= 0.6 is 0 Å². The summed E-state index contributed by atoms with van der Waals surface area (Å²) in [7, 11) is 0. The van der Waals surface area contributed by atoms with E-state index in [2.05, 4.69) is 25.6 Å². The number of nitrogens with one attached hydrogen (secondary N) is 2. The van der Waals surface area contributed by atoms with Gasteiger partial charge in [-0.05, 0) is 56.5 Å². The third-order valence-corrected chi connectivity index (χ3v) is 6.99. The number of fused-ring (bicyclic) bond motifs is 1. The summed E-state index contributed by atoms with van der Waals surface area (Å²) in [6.45, 7) is 8.37. The standard InChI is InChI=1S/C27H32N6O6S/c1-16(34)29-23-11-21(19(12-28-23)20-5-6-22-25(32-20)38-15-26(2,3)39-22)31-24-10-18(9-17(30-24)13-40(36)37)33-8-7-27(4,35)14-33/h5-6,9-12,35H,7-8,13-15H2,1-4H3,(H,36,37)(H2,28,29,30,31,34)/p-1. The summed E-state index contributed by atoms with van der Waals surface area (Å²) in [5.74, 6) is 1.02. The zero-order chi connectivity index (χ0) is 28.7. The second-order valence-corrected chi connectivity index (χ2v) is 11.8. The van der Waals surface area contributed by atoms with Crippen LogP contribution in [0.5, 0.6) is 11.6 Å². The molecule has 3 aromatic heterocycles. The first-order chi connectivity index (χ1) is 18.9. The van der Waals surface area contributed by atoms with Crippen LogP contribution in [0.25, 0.3) is 11.3 Å². The highest BCUT2D eigenvalue weighted by atomic mass is 32.2. The molecule has 5 heterocycles. The van der Waals surface area contributed by atoms with E-state index >= 15 is 0 Å². The van der Waals surface area contributed by atoms with Crippen molar-refractivity contribution < 1.29 is 28.1 Å². The highest BCUT2D eigenvalue weighted by Gasteiger charge is 2.32. The van der Waals surface area contributed by atoms with E-state index in [-0.39, 0.29) is 11.7 Å². The van der Waals surface area contributed by atoms with Gasteiger partial charge >= 0.3 is 0 Å². The zero-order valence-electron chi connectivity index (χ0n) is 22.7. The van der Waals surface area contributed by atoms with E-state index in [1.807, 2.05) is 18.7 Å². The molecule has 1 amide bonds. The van der Waals surface area contributed by atoms with Crippen LogP contribution in [-0.4, -0.2) is 65.6 Å². The van der Waals surface area contributed by atoms with Crippen LogP contribution in [0.2, 0.25) is 0 Å². The zero-order valence-corrected chi connectivity index (χ0v) is 23.5. The minimum absolute atomic E-state index is 0.271. The summed E-state index contributed by atoms with van der Waals surface area (Å²) in [6, 6.07) is 8.72. The summed E-state index contributed by atoms with van der Waals surface area (Å²) in [5, 5.41) is 16.4. The number of rotatable bonds is 7. The number of anilines is 4. The molecule has 2 unspecified atom stereocenters. The Balaban J connectivity index is 1.54. The van der Waals surface area contributed by atoms with Gasteiger partial charge < -0.3 is 34.7 Å². The molecule has 0 spiro atoms. The first kappa shape index (κ1) is 27.7. The average Bonchev–Trinajstić information content (AvgIpc) is 3.22. The lowest BCUT2D eigenvalue weighted by Crippen LogP contribution is -2.39. The topological polar surface area (TPSA) is 162 Å². The Morgan fingerprint density at radius 3 is 2.70 bits per heavy atom. The first-order valence-electron chi connectivity index (χ1n) is 12.8. The molecule has 12 nitrogen and oxygen atoms in total. The molecular formula is C27H31N6O6S-. The molecule has 13 heteroatoms. The molecule has 0 radical (unpaired) electrons. The predicted molar refractivity (Wildman–Crippen MR) is 150 cm³/mol. The lowest BCUT2D eigenvalue weighted by Gasteiger charge is -2.31. The van der Waals surface area contributed by atoms with Crippen LogP contribution in [0.1, 0.15) is 39.8 Å². The number of amides is 1. The maximum Gasteiger partial charge on any atom is 0.257 e. The van der Waals surface area contributed by atoms with Crippen molar-refractivity contribution in [2.24, 2.45) is 0 Å². The number of carbonyl (C=O) groups excluding carboxylic acids is 1.